The van der Waals surface area contributed by atoms with Crippen molar-refractivity contribution in [3.8, 4) is 11.6 Å². The predicted molar refractivity (Wildman–Crippen MR) is 75.7 cm³/mol. The number of aryl methyl sites for hydroxylation is 2. The maximum atomic E-state index is 13.8. The lowest BCUT2D eigenvalue weighted by Crippen LogP contribution is -2.06. The molecule has 0 bridgehead atoms. The van der Waals surface area contributed by atoms with Gasteiger partial charge in [0.1, 0.15) is 5.69 Å². The molecule has 114 valence electrons. The number of hydrogen-bond donors (Lipinski definition) is 1. The lowest BCUT2D eigenvalue weighted by molar-refractivity contribution is 0.412. The molecule has 0 aliphatic heterocycles. The van der Waals surface area contributed by atoms with Gasteiger partial charge in [0.15, 0.2) is 23.2 Å². The summed E-state index contributed by atoms with van der Waals surface area (Å²) in [5.41, 5.74) is 1.35. The second-order valence-electron chi connectivity index (χ2n) is 4.76. The van der Waals surface area contributed by atoms with E-state index in [0.717, 1.165) is 18.2 Å². The van der Waals surface area contributed by atoms with Gasteiger partial charge in [0, 0.05) is 19.7 Å². The summed E-state index contributed by atoms with van der Waals surface area (Å²) in [6.07, 6.45) is 0.801. The van der Waals surface area contributed by atoms with Gasteiger partial charge in [0.25, 0.3) is 5.88 Å². The smallest absolute Gasteiger partial charge is 0.258 e. The fraction of sp³-hybridized carbons (Fsp3) is 0.429. The average Bonchev–Trinajstić information content (AvgIpc) is 2.66. The summed E-state index contributed by atoms with van der Waals surface area (Å²) >= 11 is 0. The maximum Gasteiger partial charge on any atom is 0.258 e. The summed E-state index contributed by atoms with van der Waals surface area (Å²) in [6.45, 7) is 6.03. The molecule has 0 fully saturated rings. The Morgan fingerprint density at radius 1 is 1.29 bits per heavy atom. The Bertz CT molecular complexity index is 655. The first-order chi connectivity index (χ1) is 9.93. The van der Waals surface area contributed by atoms with Crippen LogP contribution >= 0.6 is 0 Å². The SMILES string of the molecule is CCCNc1nc(Oc2c(C)nn(C)c2C)c(F)cc1F. The number of hydrogen-bond acceptors (Lipinski definition) is 4. The van der Waals surface area contributed by atoms with Crippen molar-refractivity contribution in [2.24, 2.45) is 7.05 Å². The standard InChI is InChI=1S/C14H18F2N4O/c1-5-6-17-13-10(15)7-11(16)14(18-13)21-12-8(2)19-20(4)9(12)3/h7H,5-6H2,1-4H3,(H,17,18). The predicted octanol–water partition coefficient (Wildman–Crippen LogP) is 3.32. The highest BCUT2D eigenvalue weighted by atomic mass is 19.1. The Balaban J connectivity index is 2.35. The molecule has 0 aliphatic carbocycles. The molecule has 0 atom stereocenters. The summed E-state index contributed by atoms with van der Waals surface area (Å²) in [7, 11) is 1.76. The van der Waals surface area contributed by atoms with Gasteiger partial charge in [0.05, 0.1) is 5.69 Å². The van der Waals surface area contributed by atoms with Crippen LogP contribution in [0.1, 0.15) is 24.7 Å². The van der Waals surface area contributed by atoms with Crippen LogP contribution in [0.2, 0.25) is 0 Å². The minimum atomic E-state index is -0.850. The third-order valence-electron chi connectivity index (χ3n) is 3.08. The zero-order valence-electron chi connectivity index (χ0n) is 12.5. The maximum absolute atomic E-state index is 13.8. The minimum Gasteiger partial charge on any atom is -0.432 e. The molecular weight excluding hydrogens is 278 g/mol. The Kier molecular flexibility index (Phi) is 4.40. The van der Waals surface area contributed by atoms with Gasteiger partial charge in [-0.05, 0) is 20.3 Å². The minimum absolute atomic E-state index is 0.0209. The van der Waals surface area contributed by atoms with E-state index in [9.17, 15) is 8.78 Å². The van der Waals surface area contributed by atoms with Crippen molar-refractivity contribution >= 4 is 5.82 Å². The molecule has 5 nitrogen and oxygen atoms in total. The van der Waals surface area contributed by atoms with Crippen LogP contribution < -0.4 is 10.1 Å². The number of nitrogens with zero attached hydrogens (tertiary/aromatic N) is 3. The molecule has 0 radical (unpaired) electrons. The molecule has 2 heterocycles. The Morgan fingerprint density at radius 2 is 2.00 bits per heavy atom. The van der Waals surface area contributed by atoms with Crippen LogP contribution in [0.4, 0.5) is 14.6 Å². The number of aromatic nitrogens is 3. The fourth-order valence-corrected chi connectivity index (χ4v) is 1.89. The normalized spacial score (nSPS) is 10.8. The van der Waals surface area contributed by atoms with Gasteiger partial charge in [0.2, 0.25) is 0 Å². The molecule has 7 heteroatoms. The Hall–Kier alpha value is -2.18. The first-order valence-electron chi connectivity index (χ1n) is 6.72. The van der Waals surface area contributed by atoms with Crippen LogP contribution in [0.5, 0.6) is 11.6 Å². The van der Waals surface area contributed by atoms with Gasteiger partial charge in [-0.2, -0.15) is 10.1 Å². The fourth-order valence-electron chi connectivity index (χ4n) is 1.89. The third-order valence-corrected chi connectivity index (χ3v) is 3.08. The van der Waals surface area contributed by atoms with Crippen molar-refractivity contribution in [3.05, 3.63) is 29.1 Å². The Labute approximate surface area is 121 Å². The number of rotatable bonds is 5. The topological polar surface area (TPSA) is 52.0 Å². The highest BCUT2D eigenvalue weighted by Gasteiger charge is 2.18. The van der Waals surface area contributed by atoms with Gasteiger partial charge in [-0.3, -0.25) is 4.68 Å². The zero-order valence-corrected chi connectivity index (χ0v) is 12.5. The molecule has 2 rings (SSSR count). The summed E-state index contributed by atoms with van der Waals surface area (Å²) < 4.78 is 34.6. The van der Waals surface area contributed by atoms with Crippen LogP contribution in [0.25, 0.3) is 0 Å². The highest BCUT2D eigenvalue weighted by Crippen LogP contribution is 2.30. The van der Waals surface area contributed by atoms with Gasteiger partial charge in [-0.1, -0.05) is 6.92 Å². The summed E-state index contributed by atoms with van der Waals surface area (Å²) in [5, 5.41) is 6.97. The first kappa shape index (κ1) is 15.2. The molecule has 0 amide bonds. The van der Waals surface area contributed by atoms with Crippen LogP contribution in [-0.4, -0.2) is 21.3 Å². The molecule has 0 aromatic carbocycles. The highest BCUT2D eigenvalue weighted by molar-refractivity contribution is 5.42. The third kappa shape index (κ3) is 3.12. The van der Waals surface area contributed by atoms with Gasteiger partial charge in [-0.25, -0.2) is 8.78 Å². The number of ether oxygens (including phenoxy) is 1. The molecule has 0 unspecified atom stereocenters. The quantitative estimate of drug-likeness (QED) is 0.919. The number of halogens is 2. The second-order valence-corrected chi connectivity index (χ2v) is 4.76. The van der Waals surface area contributed by atoms with E-state index in [1.54, 1.807) is 25.6 Å². The average molecular weight is 296 g/mol. The lowest BCUT2D eigenvalue weighted by atomic mass is 10.3. The van der Waals surface area contributed by atoms with E-state index in [4.69, 9.17) is 4.74 Å². The van der Waals surface area contributed by atoms with Crippen molar-refractivity contribution in [2.45, 2.75) is 27.2 Å². The van der Waals surface area contributed by atoms with Crippen LogP contribution in [-0.2, 0) is 7.05 Å². The first-order valence-corrected chi connectivity index (χ1v) is 6.72. The van der Waals surface area contributed by atoms with Crippen molar-refractivity contribution in [2.75, 3.05) is 11.9 Å². The molecule has 0 saturated carbocycles. The number of nitrogens with one attached hydrogen (secondary N) is 1. The monoisotopic (exact) mass is 296 g/mol. The summed E-state index contributed by atoms with van der Waals surface area (Å²) in [5.74, 6) is -1.45. The van der Waals surface area contributed by atoms with Crippen LogP contribution in [0.3, 0.4) is 0 Å². The molecular formula is C14H18F2N4O. The van der Waals surface area contributed by atoms with E-state index in [0.29, 0.717) is 18.0 Å². The summed E-state index contributed by atoms with van der Waals surface area (Å²) in [4.78, 5) is 3.88. The second kappa shape index (κ2) is 6.07. The van der Waals surface area contributed by atoms with Crippen molar-refractivity contribution < 1.29 is 13.5 Å². The Morgan fingerprint density at radius 3 is 2.57 bits per heavy atom. The molecule has 0 saturated heterocycles. The molecule has 0 spiro atoms. The zero-order chi connectivity index (χ0) is 15.6. The van der Waals surface area contributed by atoms with Crippen molar-refractivity contribution in [1.82, 2.24) is 14.8 Å². The largest absolute Gasteiger partial charge is 0.432 e. The van der Waals surface area contributed by atoms with Gasteiger partial charge >= 0.3 is 0 Å². The van der Waals surface area contributed by atoms with Gasteiger partial charge < -0.3 is 10.1 Å². The number of anilines is 1. The molecule has 0 aliphatic rings. The van der Waals surface area contributed by atoms with Crippen LogP contribution in [0.15, 0.2) is 6.07 Å². The van der Waals surface area contributed by atoms with Crippen molar-refractivity contribution in [1.29, 1.82) is 0 Å². The van der Waals surface area contributed by atoms with Crippen molar-refractivity contribution in [3.63, 3.8) is 0 Å². The van der Waals surface area contributed by atoms with E-state index in [1.807, 2.05) is 6.92 Å². The molecule has 2 aromatic heterocycles. The van der Waals surface area contributed by atoms with E-state index in [2.05, 4.69) is 15.4 Å². The van der Waals surface area contributed by atoms with E-state index in [1.165, 1.54) is 0 Å². The number of pyridine rings is 1. The van der Waals surface area contributed by atoms with Gasteiger partial charge in [-0.15, -0.1) is 0 Å². The van der Waals surface area contributed by atoms with E-state index >= 15 is 0 Å². The summed E-state index contributed by atoms with van der Waals surface area (Å²) in [6, 6.07) is 0.765. The molecule has 2 aromatic rings. The van der Waals surface area contributed by atoms with E-state index in [-0.39, 0.29) is 11.7 Å². The van der Waals surface area contributed by atoms with E-state index < -0.39 is 11.6 Å². The van der Waals surface area contributed by atoms with Crippen LogP contribution in [0, 0.1) is 25.5 Å². The molecule has 1 N–H and O–H groups in total. The lowest BCUT2D eigenvalue weighted by Gasteiger charge is -2.10. The molecule has 21 heavy (non-hydrogen) atoms.